The molecule has 1 saturated heterocycles. The third-order valence-electron chi connectivity index (χ3n) is 6.54. The minimum Gasteiger partial charge on any atom is -0.393 e. The highest BCUT2D eigenvalue weighted by Gasteiger charge is 2.51. The first-order valence-corrected chi connectivity index (χ1v) is 13.5. The molecule has 36 heavy (non-hydrogen) atoms. The summed E-state index contributed by atoms with van der Waals surface area (Å²) in [5.74, 6) is 5.51. The fourth-order valence-corrected chi connectivity index (χ4v) is 5.30. The van der Waals surface area contributed by atoms with Crippen LogP contribution in [0.4, 0.5) is 5.82 Å². The molecule has 0 amide bonds. The third kappa shape index (κ3) is 5.24. The van der Waals surface area contributed by atoms with Gasteiger partial charge in [0.15, 0.2) is 11.9 Å². The Balaban J connectivity index is 1.56. The smallest absolute Gasteiger partial charge is 0.360 e. The summed E-state index contributed by atoms with van der Waals surface area (Å²) in [5, 5.41) is 36.9. The largest absolute Gasteiger partial charge is 0.393 e. The number of aliphatic hydroxyl groups excluding tert-OH is 3. The normalized spacial score (nSPS) is 26.6. The van der Waals surface area contributed by atoms with Crippen LogP contribution in [-0.2, 0) is 14.0 Å². The van der Waals surface area contributed by atoms with Crippen molar-refractivity contribution in [3.05, 3.63) is 11.5 Å². The lowest BCUT2D eigenvalue weighted by Gasteiger charge is -2.32. The van der Waals surface area contributed by atoms with Crippen LogP contribution in [0, 0.1) is 11.8 Å². The van der Waals surface area contributed by atoms with Crippen LogP contribution in [0.3, 0.4) is 0 Å². The van der Waals surface area contributed by atoms with E-state index in [1.807, 2.05) is 0 Å². The first-order chi connectivity index (χ1) is 17.1. The highest BCUT2D eigenvalue weighted by atomic mass is 35.5. The molecule has 1 unspecified atom stereocenters. The van der Waals surface area contributed by atoms with Crippen molar-refractivity contribution in [1.29, 1.82) is 0 Å². The summed E-state index contributed by atoms with van der Waals surface area (Å²) < 4.78 is 24.5. The van der Waals surface area contributed by atoms with Crippen molar-refractivity contribution in [2.45, 2.75) is 75.0 Å². The van der Waals surface area contributed by atoms with Gasteiger partial charge >= 0.3 is 7.60 Å². The first kappa shape index (κ1) is 27.2. The molecular weight excluding hydrogens is 517 g/mol. The van der Waals surface area contributed by atoms with E-state index in [1.54, 1.807) is 0 Å². The SMILES string of the molecule is CC#CC[C@](CO)(OCC1O[C@@H](n2ncc3c(NC4CCCC4)nc(Cl)nc32)[C@H](O)[C@@H]1O)P(=O)(O)O. The quantitative estimate of drug-likeness (QED) is 0.147. The van der Waals surface area contributed by atoms with Gasteiger partial charge < -0.3 is 39.9 Å². The number of anilines is 1. The molecule has 0 aromatic carbocycles. The number of rotatable bonds is 9. The van der Waals surface area contributed by atoms with Crippen LogP contribution in [0.15, 0.2) is 6.20 Å². The second-order valence-electron chi connectivity index (χ2n) is 8.90. The molecule has 5 atom stereocenters. The monoisotopic (exact) mass is 545 g/mol. The van der Waals surface area contributed by atoms with Crippen molar-refractivity contribution in [3.63, 3.8) is 0 Å². The summed E-state index contributed by atoms with van der Waals surface area (Å²) in [5.41, 5.74) is 0.270. The average Bonchev–Trinajstić information content (AvgIpc) is 3.55. The van der Waals surface area contributed by atoms with Crippen LogP contribution in [-0.4, -0.2) is 87.8 Å². The van der Waals surface area contributed by atoms with Gasteiger partial charge in [0.2, 0.25) is 10.6 Å². The number of aromatic nitrogens is 4. The second kappa shape index (κ2) is 10.9. The Labute approximate surface area is 212 Å². The van der Waals surface area contributed by atoms with Crippen molar-refractivity contribution in [2.75, 3.05) is 18.5 Å². The van der Waals surface area contributed by atoms with Crippen LogP contribution in [0.25, 0.3) is 11.0 Å². The summed E-state index contributed by atoms with van der Waals surface area (Å²) >= 11 is 6.15. The zero-order valence-electron chi connectivity index (χ0n) is 19.5. The van der Waals surface area contributed by atoms with Gasteiger partial charge in [-0.25, -0.2) is 4.68 Å². The zero-order chi connectivity index (χ0) is 26.1. The predicted molar refractivity (Wildman–Crippen MR) is 128 cm³/mol. The summed E-state index contributed by atoms with van der Waals surface area (Å²) in [6.45, 7) is -0.0858. The van der Waals surface area contributed by atoms with Gasteiger partial charge in [-0.1, -0.05) is 18.8 Å². The molecule has 0 radical (unpaired) electrons. The Kier molecular flexibility index (Phi) is 8.21. The van der Waals surface area contributed by atoms with Gasteiger partial charge in [0.1, 0.15) is 24.1 Å². The molecule has 2 aromatic heterocycles. The Hall–Kier alpha value is -1.85. The maximum atomic E-state index is 12.1. The van der Waals surface area contributed by atoms with Crippen molar-refractivity contribution in [2.24, 2.45) is 0 Å². The summed E-state index contributed by atoms with van der Waals surface area (Å²) in [6, 6.07) is 0.248. The summed E-state index contributed by atoms with van der Waals surface area (Å²) in [6.07, 6.45) is -0.0795. The third-order valence-corrected chi connectivity index (χ3v) is 8.20. The van der Waals surface area contributed by atoms with Crippen LogP contribution in [0.2, 0.25) is 5.28 Å². The molecule has 2 aromatic rings. The molecule has 1 aliphatic heterocycles. The van der Waals surface area contributed by atoms with Gasteiger partial charge in [0, 0.05) is 6.04 Å². The van der Waals surface area contributed by atoms with Gasteiger partial charge in [-0.2, -0.15) is 15.1 Å². The zero-order valence-corrected chi connectivity index (χ0v) is 21.1. The lowest BCUT2D eigenvalue weighted by atomic mass is 10.1. The molecule has 0 bridgehead atoms. The molecule has 0 spiro atoms. The van der Waals surface area contributed by atoms with Gasteiger partial charge in [0.05, 0.1) is 31.2 Å². The van der Waals surface area contributed by atoms with E-state index in [0.717, 1.165) is 25.7 Å². The van der Waals surface area contributed by atoms with E-state index in [2.05, 4.69) is 32.2 Å². The van der Waals surface area contributed by atoms with E-state index in [1.165, 1.54) is 17.8 Å². The lowest BCUT2D eigenvalue weighted by molar-refractivity contribution is -0.108. The maximum Gasteiger partial charge on any atom is 0.360 e. The second-order valence-corrected chi connectivity index (χ2v) is 11.1. The van der Waals surface area contributed by atoms with E-state index >= 15 is 0 Å². The van der Waals surface area contributed by atoms with Crippen LogP contribution in [0.1, 0.15) is 45.3 Å². The van der Waals surface area contributed by atoms with Crippen molar-refractivity contribution in [3.8, 4) is 11.8 Å². The lowest BCUT2D eigenvalue weighted by Crippen LogP contribution is -2.41. The van der Waals surface area contributed by atoms with Crippen LogP contribution in [0.5, 0.6) is 0 Å². The molecule has 1 saturated carbocycles. The Morgan fingerprint density at radius 3 is 2.67 bits per heavy atom. The molecular formula is C21H29ClN5O8P. The molecule has 2 fully saturated rings. The minimum atomic E-state index is -4.98. The Bertz CT molecular complexity index is 1190. The Morgan fingerprint density at radius 1 is 1.31 bits per heavy atom. The molecule has 13 nitrogen and oxygen atoms in total. The van der Waals surface area contributed by atoms with E-state index in [9.17, 15) is 29.7 Å². The predicted octanol–water partition coefficient (Wildman–Crippen LogP) is 0.750. The van der Waals surface area contributed by atoms with Crippen molar-refractivity contribution in [1.82, 2.24) is 19.7 Å². The number of nitrogens with one attached hydrogen (secondary N) is 1. The van der Waals surface area contributed by atoms with Gasteiger partial charge in [-0.15, -0.1) is 5.92 Å². The van der Waals surface area contributed by atoms with Gasteiger partial charge in [0.25, 0.3) is 0 Å². The summed E-state index contributed by atoms with van der Waals surface area (Å²) in [4.78, 5) is 28.1. The number of hydrogen-bond donors (Lipinski definition) is 6. The number of hydrogen-bond acceptors (Lipinski definition) is 10. The van der Waals surface area contributed by atoms with Crippen LogP contribution >= 0.6 is 19.2 Å². The molecule has 198 valence electrons. The van der Waals surface area contributed by atoms with Gasteiger partial charge in [-0.3, -0.25) is 4.57 Å². The van der Waals surface area contributed by atoms with E-state index in [0.29, 0.717) is 11.2 Å². The van der Waals surface area contributed by atoms with Crippen LogP contribution < -0.4 is 5.32 Å². The average molecular weight is 546 g/mol. The fraction of sp³-hybridized carbons (Fsp3) is 0.667. The number of nitrogens with zero attached hydrogens (tertiary/aromatic N) is 4. The molecule has 4 rings (SSSR count). The number of aliphatic hydroxyl groups is 3. The number of fused-ring (bicyclic) bond motifs is 1. The minimum absolute atomic E-state index is 0.0379. The standard InChI is InChI=1S/C21H29ClN5O8P/c1-2-3-8-21(11-28,36(31,32)33)34-10-14-15(29)16(30)19(35-14)27-18-13(9-23-27)17(25-20(22)26-18)24-12-6-4-5-7-12/h9,12,14-16,19,28-30H,4-8,10-11H2,1H3,(H,24,25,26)(H2,31,32,33)/t14?,15-,16-,19-,21+/m1/s1. The van der Waals surface area contributed by atoms with E-state index in [4.69, 9.17) is 21.1 Å². The highest BCUT2D eigenvalue weighted by Crippen LogP contribution is 2.53. The number of ether oxygens (including phenoxy) is 2. The summed E-state index contributed by atoms with van der Waals surface area (Å²) in [7, 11) is -4.98. The molecule has 15 heteroatoms. The van der Waals surface area contributed by atoms with E-state index in [-0.39, 0.29) is 17.0 Å². The van der Waals surface area contributed by atoms with Crippen molar-refractivity contribution >= 4 is 36.0 Å². The molecule has 2 aliphatic rings. The molecule has 1 aliphatic carbocycles. The molecule has 3 heterocycles. The molecule has 6 N–H and O–H groups in total. The number of halogens is 1. The van der Waals surface area contributed by atoms with E-state index < -0.39 is 57.1 Å². The van der Waals surface area contributed by atoms with Crippen molar-refractivity contribution < 1.29 is 39.1 Å². The first-order valence-electron chi connectivity index (χ1n) is 11.5. The van der Waals surface area contributed by atoms with Gasteiger partial charge in [-0.05, 0) is 31.4 Å². The maximum absolute atomic E-state index is 12.1. The fourth-order valence-electron chi connectivity index (χ4n) is 4.42. The topological polar surface area (TPSA) is 192 Å². The highest BCUT2D eigenvalue weighted by molar-refractivity contribution is 7.53. The Morgan fingerprint density at radius 2 is 2.03 bits per heavy atom.